The fourth-order valence-corrected chi connectivity index (χ4v) is 1.37. The van der Waals surface area contributed by atoms with E-state index in [2.05, 4.69) is 5.32 Å². The molecular formula is C12H16FN3O2. The minimum atomic E-state index is -0.876. The number of nitrogens with one attached hydrogen (secondary N) is 1. The first kappa shape index (κ1) is 14.1. The van der Waals surface area contributed by atoms with Gasteiger partial charge in [0.2, 0.25) is 5.91 Å². The molecule has 0 aliphatic carbocycles. The third-order valence-electron chi connectivity index (χ3n) is 2.34. The van der Waals surface area contributed by atoms with Crippen molar-refractivity contribution in [1.82, 2.24) is 0 Å². The van der Waals surface area contributed by atoms with Gasteiger partial charge in [0.25, 0.3) is 5.91 Å². The predicted molar refractivity (Wildman–Crippen MR) is 66.4 cm³/mol. The van der Waals surface area contributed by atoms with E-state index in [4.69, 9.17) is 11.5 Å². The zero-order chi connectivity index (χ0) is 13.7. The van der Waals surface area contributed by atoms with Crippen molar-refractivity contribution in [1.29, 1.82) is 0 Å². The molecule has 5 N–H and O–H groups in total. The van der Waals surface area contributed by atoms with Crippen LogP contribution in [0.15, 0.2) is 18.2 Å². The summed E-state index contributed by atoms with van der Waals surface area (Å²) >= 11 is 0. The molecule has 0 saturated heterocycles. The summed E-state index contributed by atoms with van der Waals surface area (Å²) < 4.78 is 13.2. The maximum atomic E-state index is 13.2. The van der Waals surface area contributed by atoms with Gasteiger partial charge in [-0.05, 0) is 31.5 Å². The first-order valence-electron chi connectivity index (χ1n) is 5.55. The van der Waals surface area contributed by atoms with Crippen LogP contribution in [0.4, 0.5) is 10.1 Å². The van der Waals surface area contributed by atoms with Gasteiger partial charge in [0, 0.05) is 18.2 Å². The Morgan fingerprint density at radius 1 is 1.44 bits per heavy atom. The van der Waals surface area contributed by atoms with Crippen molar-refractivity contribution in [2.24, 2.45) is 11.5 Å². The highest BCUT2D eigenvalue weighted by Gasteiger charge is 2.10. The fourth-order valence-electron chi connectivity index (χ4n) is 1.37. The number of benzene rings is 1. The maximum Gasteiger partial charge on any atom is 0.251 e. The summed E-state index contributed by atoms with van der Waals surface area (Å²) in [7, 11) is 0. The van der Waals surface area contributed by atoms with E-state index in [1.54, 1.807) is 6.92 Å². The summed E-state index contributed by atoms with van der Waals surface area (Å²) in [6.07, 6.45) is 0.816. The van der Waals surface area contributed by atoms with Crippen LogP contribution in [0.5, 0.6) is 0 Å². The third-order valence-corrected chi connectivity index (χ3v) is 2.34. The van der Waals surface area contributed by atoms with Crippen molar-refractivity contribution in [3.8, 4) is 0 Å². The second-order valence-corrected chi connectivity index (χ2v) is 4.12. The molecular weight excluding hydrogens is 237 g/mol. The van der Waals surface area contributed by atoms with Crippen LogP contribution in [0, 0.1) is 5.82 Å². The number of nitrogens with two attached hydrogens (primary N) is 2. The molecule has 0 heterocycles. The molecule has 18 heavy (non-hydrogen) atoms. The predicted octanol–water partition coefficient (Wildman–Crippen LogP) is 0.990. The quantitative estimate of drug-likeness (QED) is 0.729. The van der Waals surface area contributed by atoms with Gasteiger partial charge in [-0.3, -0.25) is 9.59 Å². The standard InChI is InChI=1S/C12H16FN3O2/c1-7(14)2-5-11(17)16-8-3-4-10(13)9(6-8)12(15)18/h3-4,6-7H,2,5,14H2,1H3,(H2,15,18)(H,16,17). The Balaban J connectivity index is 2.70. The van der Waals surface area contributed by atoms with Crippen molar-refractivity contribution in [2.45, 2.75) is 25.8 Å². The molecule has 2 amide bonds. The summed E-state index contributed by atoms with van der Waals surface area (Å²) in [6, 6.07) is 3.60. The average molecular weight is 253 g/mol. The third kappa shape index (κ3) is 4.14. The van der Waals surface area contributed by atoms with E-state index >= 15 is 0 Å². The molecule has 1 atom stereocenters. The zero-order valence-electron chi connectivity index (χ0n) is 10.1. The number of carbonyl (C=O) groups excluding carboxylic acids is 2. The van der Waals surface area contributed by atoms with Crippen LogP contribution in [0.3, 0.4) is 0 Å². The molecule has 1 unspecified atom stereocenters. The molecule has 0 fully saturated rings. The van der Waals surface area contributed by atoms with E-state index in [0.717, 1.165) is 6.07 Å². The molecule has 0 aromatic heterocycles. The number of hydrogen-bond acceptors (Lipinski definition) is 3. The van der Waals surface area contributed by atoms with E-state index in [0.29, 0.717) is 12.1 Å². The molecule has 1 aromatic carbocycles. The number of halogens is 1. The SMILES string of the molecule is CC(N)CCC(=O)Nc1ccc(F)c(C(N)=O)c1. The summed E-state index contributed by atoms with van der Waals surface area (Å²) in [5, 5.41) is 2.55. The number of carbonyl (C=O) groups is 2. The lowest BCUT2D eigenvalue weighted by molar-refractivity contribution is -0.116. The van der Waals surface area contributed by atoms with Crippen LogP contribution in [0.1, 0.15) is 30.1 Å². The van der Waals surface area contributed by atoms with Crippen LogP contribution < -0.4 is 16.8 Å². The molecule has 1 rings (SSSR count). The van der Waals surface area contributed by atoms with Gasteiger partial charge in [0.15, 0.2) is 0 Å². The van der Waals surface area contributed by atoms with Crippen LogP contribution in [0.25, 0.3) is 0 Å². The van der Waals surface area contributed by atoms with Crippen molar-refractivity contribution in [3.05, 3.63) is 29.6 Å². The molecule has 0 spiro atoms. The smallest absolute Gasteiger partial charge is 0.251 e. The Kier molecular flexibility index (Phi) is 4.79. The summed E-state index contributed by atoms with van der Waals surface area (Å²) in [4.78, 5) is 22.4. The zero-order valence-corrected chi connectivity index (χ0v) is 10.1. The van der Waals surface area contributed by atoms with Gasteiger partial charge in [-0.15, -0.1) is 0 Å². The number of amides is 2. The molecule has 0 radical (unpaired) electrons. The summed E-state index contributed by atoms with van der Waals surface area (Å²) in [5.74, 6) is -1.83. The molecule has 0 aliphatic heterocycles. The number of hydrogen-bond donors (Lipinski definition) is 3. The van der Waals surface area contributed by atoms with E-state index in [-0.39, 0.29) is 23.9 Å². The van der Waals surface area contributed by atoms with Gasteiger partial charge in [-0.1, -0.05) is 0 Å². The fraction of sp³-hybridized carbons (Fsp3) is 0.333. The lowest BCUT2D eigenvalue weighted by Gasteiger charge is -2.08. The normalized spacial score (nSPS) is 11.9. The van der Waals surface area contributed by atoms with Gasteiger partial charge < -0.3 is 16.8 Å². The van der Waals surface area contributed by atoms with Crippen LogP contribution in [0.2, 0.25) is 0 Å². The lowest BCUT2D eigenvalue weighted by atomic mass is 10.1. The lowest BCUT2D eigenvalue weighted by Crippen LogP contribution is -2.20. The number of primary amides is 1. The van der Waals surface area contributed by atoms with E-state index in [9.17, 15) is 14.0 Å². The Bertz CT molecular complexity index is 461. The van der Waals surface area contributed by atoms with Gasteiger partial charge in [-0.25, -0.2) is 4.39 Å². The molecule has 1 aromatic rings. The molecule has 0 bridgehead atoms. The number of anilines is 1. The van der Waals surface area contributed by atoms with E-state index in [1.807, 2.05) is 0 Å². The molecule has 0 aliphatic rings. The topological polar surface area (TPSA) is 98.2 Å². The molecule has 5 nitrogen and oxygen atoms in total. The van der Waals surface area contributed by atoms with Crippen LogP contribution in [-0.2, 0) is 4.79 Å². The Morgan fingerprint density at radius 2 is 2.11 bits per heavy atom. The molecule has 0 saturated carbocycles. The molecule has 6 heteroatoms. The molecule has 98 valence electrons. The van der Waals surface area contributed by atoms with Crippen molar-refractivity contribution in [3.63, 3.8) is 0 Å². The van der Waals surface area contributed by atoms with Gasteiger partial charge in [0.1, 0.15) is 5.82 Å². The highest BCUT2D eigenvalue weighted by Crippen LogP contribution is 2.14. The average Bonchev–Trinajstić information content (AvgIpc) is 2.28. The highest BCUT2D eigenvalue weighted by atomic mass is 19.1. The maximum absolute atomic E-state index is 13.2. The Labute approximate surface area is 104 Å². The Hall–Kier alpha value is -1.95. The largest absolute Gasteiger partial charge is 0.366 e. The summed E-state index contributed by atoms with van der Waals surface area (Å²) in [6.45, 7) is 1.80. The van der Waals surface area contributed by atoms with E-state index in [1.165, 1.54) is 12.1 Å². The van der Waals surface area contributed by atoms with Crippen molar-refractivity contribution < 1.29 is 14.0 Å². The van der Waals surface area contributed by atoms with Crippen molar-refractivity contribution in [2.75, 3.05) is 5.32 Å². The Morgan fingerprint density at radius 3 is 2.67 bits per heavy atom. The number of rotatable bonds is 5. The minimum absolute atomic E-state index is 0.0647. The summed E-state index contributed by atoms with van der Waals surface area (Å²) in [5.41, 5.74) is 10.6. The first-order chi connectivity index (χ1) is 8.40. The van der Waals surface area contributed by atoms with Gasteiger partial charge in [-0.2, -0.15) is 0 Å². The minimum Gasteiger partial charge on any atom is -0.366 e. The van der Waals surface area contributed by atoms with Gasteiger partial charge in [0.05, 0.1) is 5.56 Å². The van der Waals surface area contributed by atoms with Crippen LogP contribution >= 0.6 is 0 Å². The monoisotopic (exact) mass is 253 g/mol. The second-order valence-electron chi connectivity index (χ2n) is 4.12. The van der Waals surface area contributed by atoms with Crippen molar-refractivity contribution >= 4 is 17.5 Å². The van der Waals surface area contributed by atoms with E-state index < -0.39 is 11.7 Å². The highest BCUT2D eigenvalue weighted by molar-refractivity contribution is 5.96. The van der Waals surface area contributed by atoms with Crippen LogP contribution in [-0.4, -0.2) is 17.9 Å². The first-order valence-corrected chi connectivity index (χ1v) is 5.55. The van der Waals surface area contributed by atoms with Gasteiger partial charge >= 0.3 is 0 Å². The second kappa shape index (κ2) is 6.11.